The molecule has 1 aromatic heterocycles. The van der Waals surface area contributed by atoms with Crippen molar-refractivity contribution in [3.63, 3.8) is 0 Å². The smallest absolute Gasteiger partial charge is 0.0708 e. The second kappa shape index (κ2) is 4.15. The molecule has 2 aromatic carbocycles. The van der Waals surface area contributed by atoms with Gasteiger partial charge >= 0.3 is 0 Å². The number of nitrogens with zero attached hydrogens (tertiary/aromatic N) is 1. The average Bonchev–Trinajstić information content (AvgIpc) is 2.39. The molecule has 2 nitrogen and oxygen atoms in total. The third kappa shape index (κ3) is 1.77. The monoisotopic (exact) mass is 223 g/mol. The molecular weight excluding hydrogens is 210 g/mol. The predicted molar refractivity (Wildman–Crippen MR) is 70.0 cm³/mol. The van der Waals surface area contributed by atoms with Crippen molar-refractivity contribution in [2.24, 2.45) is 0 Å². The summed E-state index contributed by atoms with van der Waals surface area (Å²) < 4.78 is 0. The number of fused-ring (bicyclic) bond motifs is 3. The minimum Gasteiger partial charge on any atom is -0.396 e. The van der Waals surface area contributed by atoms with Crippen LogP contribution in [0.1, 0.15) is 5.56 Å². The quantitative estimate of drug-likeness (QED) is 0.677. The lowest BCUT2D eigenvalue weighted by atomic mass is 10.0. The molecule has 0 atom stereocenters. The first-order chi connectivity index (χ1) is 8.38. The molecule has 0 bridgehead atoms. The summed E-state index contributed by atoms with van der Waals surface area (Å²) >= 11 is 0. The highest BCUT2D eigenvalue weighted by atomic mass is 16.2. The number of hydrogen-bond acceptors (Lipinski definition) is 2. The van der Waals surface area contributed by atoms with Gasteiger partial charge in [-0.2, -0.15) is 0 Å². The van der Waals surface area contributed by atoms with Gasteiger partial charge in [-0.05, 0) is 29.5 Å². The number of pyridine rings is 1. The third-order valence-corrected chi connectivity index (χ3v) is 3.06. The Hall–Kier alpha value is -1.93. The van der Waals surface area contributed by atoms with E-state index in [1.54, 1.807) is 0 Å². The van der Waals surface area contributed by atoms with E-state index >= 15 is 0 Å². The van der Waals surface area contributed by atoms with Crippen molar-refractivity contribution >= 4 is 21.7 Å². The van der Waals surface area contributed by atoms with E-state index in [1.807, 2.05) is 30.5 Å². The van der Waals surface area contributed by atoms with Crippen LogP contribution in [0.5, 0.6) is 0 Å². The number of aliphatic hydroxyl groups excluding tert-OH is 1. The topological polar surface area (TPSA) is 33.1 Å². The molecule has 0 amide bonds. The second-order valence-corrected chi connectivity index (χ2v) is 4.17. The van der Waals surface area contributed by atoms with Crippen LogP contribution in [0.2, 0.25) is 0 Å². The molecule has 0 spiro atoms. The Kier molecular flexibility index (Phi) is 2.50. The predicted octanol–water partition coefficient (Wildman–Crippen LogP) is 2.92. The number of aromatic nitrogens is 1. The van der Waals surface area contributed by atoms with Crippen LogP contribution < -0.4 is 0 Å². The van der Waals surface area contributed by atoms with E-state index in [0.29, 0.717) is 6.42 Å². The molecular formula is C15H13NO. The molecule has 0 saturated heterocycles. The Morgan fingerprint density at radius 1 is 1.00 bits per heavy atom. The van der Waals surface area contributed by atoms with Crippen LogP contribution in [0, 0.1) is 0 Å². The fraction of sp³-hybridized carbons (Fsp3) is 0.133. The maximum atomic E-state index is 8.99. The molecule has 1 heterocycles. The van der Waals surface area contributed by atoms with Gasteiger partial charge in [0.2, 0.25) is 0 Å². The number of aliphatic hydroxyl groups is 1. The Bertz CT molecular complexity index is 676. The first-order valence-corrected chi connectivity index (χ1v) is 5.76. The lowest BCUT2D eigenvalue weighted by molar-refractivity contribution is 0.299. The van der Waals surface area contributed by atoms with E-state index in [9.17, 15) is 0 Å². The Labute approximate surface area is 99.5 Å². The SMILES string of the molecule is OCCc1ccc2ncc3ccccc3c2c1. The van der Waals surface area contributed by atoms with Crippen molar-refractivity contribution in [2.75, 3.05) is 6.61 Å². The third-order valence-electron chi connectivity index (χ3n) is 3.06. The normalized spacial score (nSPS) is 11.1. The fourth-order valence-electron chi connectivity index (χ4n) is 2.19. The molecule has 17 heavy (non-hydrogen) atoms. The summed E-state index contributed by atoms with van der Waals surface area (Å²) in [4.78, 5) is 4.45. The van der Waals surface area contributed by atoms with E-state index in [-0.39, 0.29) is 6.61 Å². The molecule has 2 heteroatoms. The lowest BCUT2D eigenvalue weighted by Gasteiger charge is -2.05. The fourth-order valence-corrected chi connectivity index (χ4v) is 2.19. The molecule has 0 saturated carbocycles. The van der Waals surface area contributed by atoms with Crippen molar-refractivity contribution in [1.82, 2.24) is 4.98 Å². The number of rotatable bonds is 2. The van der Waals surface area contributed by atoms with Crippen LogP contribution in [0.3, 0.4) is 0 Å². The summed E-state index contributed by atoms with van der Waals surface area (Å²) in [5.74, 6) is 0. The molecule has 0 aliphatic heterocycles. The molecule has 0 fully saturated rings. The van der Waals surface area contributed by atoms with Gasteiger partial charge in [-0.3, -0.25) is 4.98 Å². The largest absolute Gasteiger partial charge is 0.396 e. The Morgan fingerprint density at radius 2 is 1.88 bits per heavy atom. The highest BCUT2D eigenvalue weighted by molar-refractivity contribution is 6.05. The van der Waals surface area contributed by atoms with Crippen molar-refractivity contribution in [1.29, 1.82) is 0 Å². The Morgan fingerprint density at radius 3 is 2.76 bits per heavy atom. The zero-order valence-corrected chi connectivity index (χ0v) is 9.43. The summed E-state index contributed by atoms with van der Waals surface area (Å²) in [6, 6.07) is 14.4. The van der Waals surface area contributed by atoms with Crippen LogP contribution in [0.15, 0.2) is 48.7 Å². The highest BCUT2D eigenvalue weighted by Crippen LogP contribution is 2.24. The summed E-state index contributed by atoms with van der Waals surface area (Å²) in [7, 11) is 0. The van der Waals surface area contributed by atoms with E-state index in [1.165, 1.54) is 5.39 Å². The molecule has 0 aliphatic carbocycles. The van der Waals surface area contributed by atoms with Gasteiger partial charge in [-0.25, -0.2) is 0 Å². The van der Waals surface area contributed by atoms with Gasteiger partial charge in [0.05, 0.1) is 5.52 Å². The first kappa shape index (κ1) is 10.2. The van der Waals surface area contributed by atoms with E-state index in [4.69, 9.17) is 5.11 Å². The van der Waals surface area contributed by atoms with Gasteiger partial charge in [0.1, 0.15) is 0 Å². The summed E-state index contributed by atoms with van der Waals surface area (Å²) in [6.07, 6.45) is 2.60. The standard InChI is InChI=1S/C15H13NO/c17-8-7-11-5-6-15-14(9-11)13-4-2-1-3-12(13)10-16-15/h1-6,9-10,17H,7-8H2. The summed E-state index contributed by atoms with van der Waals surface area (Å²) in [5, 5.41) is 12.5. The minimum atomic E-state index is 0.184. The van der Waals surface area contributed by atoms with Crippen LogP contribution in [0.4, 0.5) is 0 Å². The van der Waals surface area contributed by atoms with E-state index < -0.39 is 0 Å². The van der Waals surface area contributed by atoms with Gasteiger partial charge in [0.25, 0.3) is 0 Å². The van der Waals surface area contributed by atoms with Gasteiger partial charge < -0.3 is 5.11 Å². The highest BCUT2D eigenvalue weighted by Gasteiger charge is 2.02. The summed E-state index contributed by atoms with van der Waals surface area (Å²) in [5.41, 5.74) is 2.16. The average molecular weight is 223 g/mol. The van der Waals surface area contributed by atoms with Crippen LogP contribution in [-0.4, -0.2) is 16.7 Å². The van der Waals surface area contributed by atoms with Gasteiger partial charge in [-0.1, -0.05) is 30.3 Å². The Balaban J connectivity index is 2.34. The van der Waals surface area contributed by atoms with E-state index in [2.05, 4.69) is 23.2 Å². The van der Waals surface area contributed by atoms with Crippen LogP contribution in [-0.2, 0) is 6.42 Å². The molecule has 84 valence electrons. The lowest BCUT2D eigenvalue weighted by Crippen LogP contribution is -1.91. The first-order valence-electron chi connectivity index (χ1n) is 5.76. The van der Waals surface area contributed by atoms with Crippen LogP contribution in [0.25, 0.3) is 21.7 Å². The van der Waals surface area contributed by atoms with E-state index in [0.717, 1.165) is 21.9 Å². The molecule has 0 aliphatic rings. The number of benzene rings is 2. The maximum absolute atomic E-state index is 8.99. The van der Waals surface area contributed by atoms with Gasteiger partial charge in [-0.15, -0.1) is 0 Å². The van der Waals surface area contributed by atoms with Crippen molar-refractivity contribution in [3.8, 4) is 0 Å². The molecule has 0 unspecified atom stereocenters. The molecule has 1 N–H and O–H groups in total. The molecule has 0 radical (unpaired) electrons. The minimum absolute atomic E-state index is 0.184. The van der Waals surface area contributed by atoms with Gasteiger partial charge in [0.15, 0.2) is 0 Å². The molecule has 3 aromatic rings. The second-order valence-electron chi connectivity index (χ2n) is 4.17. The van der Waals surface area contributed by atoms with Crippen molar-refractivity contribution in [3.05, 3.63) is 54.2 Å². The zero-order chi connectivity index (χ0) is 11.7. The van der Waals surface area contributed by atoms with Crippen molar-refractivity contribution in [2.45, 2.75) is 6.42 Å². The maximum Gasteiger partial charge on any atom is 0.0708 e. The van der Waals surface area contributed by atoms with Crippen LogP contribution >= 0.6 is 0 Å². The van der Waals surface area contributed by atoms with Gasteiger partial charge in [0, 0.05) is 23.6 Å². The zero-order valence-electron chi connectivity index (χ0n) is 9.43. The molecule has 3 rings (SSSR count). The van der Waals surface area contributed by atoms with Crippen molar-refractivity contribution < 1.29 is 5.11 Å². The number of hydrogen-bond donors (Lipinski definition) is 1. The summed E-state index contributed by atoms with van der Waals surface area (Å²) in [6.45, 7) is 0.184.